The van der Waals surface area contributed by atoms with Crippen molar-refractivity contribution >= 4 is 16.0 Å². The van der Waals surface area contributed by atoms with Crippen molar-refractivity contribution in [1.29, 1.82) is 0 Å². The van der Waals surface area contributed by atoms with Gasteiger partial charge in [-0.1, -0.05) is 102 Å². The Labute approximate surface area is 218 Å². The second-order valence-corrected chi connectivity index (χ2v) is 9.44. The van der Waals surface area contributed by atoms with Gasteiger partial charge in [-0.05, 0) is 67.6 Å². The summed E-state index contributed by atoms with van der Waals surface area (Å²) in [5.41, 5.74) is 9.41. The van der Waals surface area contributed by atoms with Gasteiger partial charge in [-0.25, -0.2) is 4.79 Å². The average molecular weight is 498 g/mol. The normalized spacial score (nSPS) is 11.5. The molecule has 36 heavy (non-hydrogen) atoms. The lowest BCUT2D eigenvalue weighted by atomic mass is 9.89. The zero-order chi connectivity index (χ0) is 24.9. The van der Waals surface area contributed by atoms with Crippen LogP contribution < -0.4 is 10.1 Å². The van der Waals surface area contributed by atoms with Crippen molar-refractivity contribution in [2.75, 3.05) is 0 Å². The lowest BCUT2D eigenvalue weighted by molar-refractivity contribution is 0.198. The second kappa shape index (κ2) is 12.0. The molecule has 0 radical (unpaired) electrons. The standard InChI is InChI=1S/C32H33NO2.H3P/c1-21-6-11-27(12-7-21)31(28-13-8-22(2)9-14-28)33-32(34)35-29-17-15-26(16-18-29)25(5)30-19-10-23(3)20-24(30)4;/h6-20,25,31H,1-5H3,(H,33,34);1H3. The fourth-order valence-corrected chi connectivity index (χ4v) is 4.45. The number of rotatable bonds is 6. The van der Waals surface area contributed by atoms with E-state index in [-0.39, 0.29) is 21.9 Å². The predicted molar refractivity (Wildman–Crippen MR) is 154 cm³/mol. The Hall–Kier alpha value is -3.42. The van der Waals surface area contributed by atoms with E-state index in [0.717, 1.165) is 11.1 Å². The molecule has 4 aromatic carbocycles. The van der Waals surface area contributed by atoms with Gasteiger partial charge in [0.1, 0.15) is 5.75 Å². The van der Waals surface area contributed by atoms with Crippen LogP contribution in [-0.4, -0.2) is 6.09 Å². The smallest absolute Gasteiger partial charge is 0.410 e. The van der Waals surface area contributed by atoms with Gasteiger partial charge in [0.2, 0.25) is 0 Å². The Bertz CT molecular complexity index is 1250. The third kappa shape index (κ3) is 6.62. The van der Waals surface area contributed by atoms with E-state index in [9.17, 15) is 4.79 Å². The molecule has 0 heterocycles. The third-order valence-electron chi connectivity index (χ3n) is 6.57. The molecule has 0 aromatic heterocycles. The van der Waals surface area contributed by atoms with Crippen LogP contribution in [0.3, 0.4) is 0 Å². The minimum atomic E-state index is -0.480. The highest BCUT2D eigenvalue weighted by Gasteiger charge is 2.19. The van der Waals surface area contributed by atoms with Crippen molar-refractivity contribution in [3.8, 4) is 5.75 Å². The summed E-state index contributed by atoms with van der Waals surface area (Å²) in [4.78, 5) is 12.9. The molecule has 0 fully saturated rings. The molecule has 0 saturated carbocycles. The van der Waals surface area contributed by atoms with Gasteiger partial charge in [0.15, 0.2) is 0 Å². The number of benzene rings is 4. The van der Waals surface area contributed by atoms with Gasteiger partial charge in [-0.15, -0.1) is 0 Å². The molecule has 4 heteroatoms. The number of ether oxygens (including phenoxy) is 1. The molecule has 4 aromatic rings. The fourth-order valence-electron chi connectivity index (χ4n) is 4.45. The second-order valence-electron chi connectivity index (χ2n) is 9.44. The van der Waals surface area contributed by atoms with Gasteiger partial charge in [0, 0.05) is 5.92 Å². The molecule has 0 aliphatic carbocycles. The maximum Gasteiger partial charge on any atom is 0.413 e. The molecule has 0 aliphatic rings. The maximum atomic E-state index is 12.9. The number of amides is 1. The monoisotopic (exact) mass is 497 g/mol. The molecule has 2 atom stereocenters. The van der Waals surface area contributed by atoms with E-state index in [4.69, 9.17) is 4.74 Å². The summed E-state index contributed by atoms with van der Waals surface area (Å²) in [6.45, 7) is 10.6. The van der Waals surface area contributed by atoms with Crippen LogP contribution in [0.15, 0.2) is 91.0 Å². The van der Waals surface area contributed by atoms with Crippen LogP contribution in [0.1, 0.15) is 63.4 Å². The highest BCUT2D eigenvalue weighted by atomic mass is 31.0. The Balaban J connectivity index is 0.00000361. The van der Waals surface area contributed by atoms with Gasteiger partial charge in [-0.3, -0.25) is 0 Å². The minimum Gasteiger partial charge on any atom is -0.410 e. The quantitative estimate of drug-likeness (QED) is 0.274. The largest absolute Gasteiger partial charge is 0.413 e. The molecular formula is C32H36NO2P. The third-order valence-corrected chi connectivity index (χ3v) is 6.57. The van der Waals surface area contributed by atoms with Crippen molar-refractivity contribution in [2.45, 2.75) is 46.6 Å². The Morgan fingerprint density at radius 1 is 0.667 bits per heavy atom. The summed E-state index contributed by atoms with van der Waals surface area (Å²) >= 11 is 0. The Morgan fingerprint density at radius 3 is 1.64 bits per heavy atom. The lowest BCUT2D eigenvalue weighted by Gasteiger charge is -2.20. The number of aryl methyl sites for hydroxylation is 4. The van der Waals surface area contributed by atoms with E-state index in [1.165, 1.54) is 33.4 Å². The van der Waals surface area contributed by atoms with Crippen LogP contribution in [0.4, 0.5) is 4.79 Å². The summed E-state index contributed by atoms with van der Waals surface area (Å²) in [5, 5.41) is 3.05. The number of carbonyl (C=O) groups excluding carboxylic acids is 1. The zero-order valence-corrected chi connectivity index (χ0v) is 23.3. The van der Waals surface area contributed by atoms with Gasteiger partial charge in [0.25, 0.3) is 0 Å². The van der Waals surface area contributed by atoms with Crippen LogP contribution in [0, 0.1) is 27.7 Å². The van der Waals surface area contributed by atoms with E-state index in [1.807, 2.05) is 48.5 Å². The zero-order valence-electron chi connectivity index (χ0n) is 21.8. The highest BCUT2D eigenvalue weighted by molar-refractivity contribution is 6.92. The summed E-state index contributed by atoms with van der Waals surface area (Å²) in [6.07, 6.45) is -0.480. The van der Waals surface area contributed by atoms with Crippen molar-refractivity contribution in [2.24, 2.45) is 0 Å². The molecule has 4 rings (SSSR count). The van der Waals surface area contributed by atoms with Crippen molar-refractivity contribution in [1.82, 2.24) is 5.32 Å². The first-order valence-corrected chi connectivity index (χ1v) is 12.1. The number of hydrogen-bond donors (Lipinski definition) is 1. The number of nitrogens with one attached hydrogen (secondary N) is 1. The molecule has 1 amide bonds. The van der Waals surface area contributed by atoms with E-state index >= 15 is 0 Å². The van der Waals surface area contributed by atoms with Crippen LogP contribution in [0.5, 0.6) is 5.75 Å². The van der Waals surface area contributed by atoms with Crippen molar-refractivity contribution < 1.29 is 9.53 Å². The van der Waals surface area contributed by atoms with E-state index in [2.05, 4.69) is 82.4 Å². The van der Waals surface area contributed by atoms with Gasteiger partial charge >= 0.3 is 6.09 Å². The Morgan fingerprint density at radius 2 is 1.14 bits per heavy atom. The summed E-state index contributed by atoms with van der Waals surface area (Å²) in [5.74, 6) is 0.775. The van der Waals surface area contributed by atoms with Crippen molar-refractivity contribution in [3.63, 3.8) is 0 Å². The van der Waals surface area contributed by atoms with E-state index < -0.39 is 6.09 Å². The lowest BCUT2D eigenvalue weighted by Crippen LogP contribution is -2.31. The summed E-state index contributed by atoms with van der Waals surface area (Å²) in [7, 11) is 0. The average Bonchev–Trinajstić information content (AvgIpc) is 2.84. The molecular weight excluding hydrogens is 461 g/mol. The minimum absolute atomic E-state index is 0. The molecule has 0 aliphatic heterocycles. The SMILES string of the molecule is Cc1ccc(C(NC(=O)Oc2ccc(C(C)c3ccc(C)cc3C)cc2)c2ccc(C)cc2)cc1.P. The van der Waals surface area contributed by atoms with Crippen molar-refractivity contribution in [3.05, 3.63) is 136 Å². The molecule has 186 valence electrons. The topological polar surface area (TPSA) is 38.3 Å². The van der Waals surface area contributed by atoms with E-state index in [1.54, 1.807) is 0 Å². The van der Waals surface area contributed by atoms with Gasteiger partial charge in [0.05, 0.1) is 6.04 Å². The van der Waals surface area contributed by atoms with Gasteiger partial charge < -0.3 is 10.1 Å². The number of hydrogen-bond acceptors (Lipinski definition) is 2. The molecule has 0 bridgehead atoms. The van der Waals surface area contributed by atoms with Crippen LogP contribution >= 0.6 is 9.90 Å². The first-order valence-electron chi connectivity index (χ1n) is 12.1. The summed E-state index contributed by atoms with van der Waals surface area (Å²) < 4.78 is 5.67. The van der Waals surface area contributed by atoms with Crippen LogP contribution in [0.2, 0.25) is 0 Å². The summed E-state index contributed by atoms with van der Waals surface area (Å²) in [6, 6.07) is 30.5. The molecule has 0 spiro atoms. The first kappa shape index (κ1) is 27.2. The molecule has 0 saturated heterocycles. The predicted octanol–water partition coefficient (Wildman–Crippen LogP) is 8.01. The number of carbonyl (C=O) groups is 1. The fraction of sp³-hybridized carbons (Fsp3) is 0.219. The Kier molecular flexibility index (Phi) is 9.07. The maximum absolute atomic E-state index is 12.9. The molecule has 1 N–H and O–H groups in total. The van der Waals surface area contributed by atoms with E-state index in [0.29, 0.717) is 5.75 Å². The van der Waals surface area contributed by atoms with Crippen LogP contribution in [0.25, 0.3) is 0 Å². The van der Waals surface area contributed by atoms with Gasteiger partial charge in [-0.2, -0.15) is 9.90 Å². The molecule has 2 unspecified atom stereocenters. The first-order chi connectivity index (χ1) is 16.8. The van der Waals surface area contributed by atoms with Crippen LogP contribution in [-0.2, 0) is 0 Å². The highest BCUT2D eigenvalue weighted by Crippen LogP contribution is 2.29. The molecule has 3 nitrogen and oxygen atoms in total.